The number of sulfonamides is 1. The van der Waals surface area contributed by atoms with Crippen LogP contribution in [0.3, 0.4) is 0 Å². The number of aryl methyl sites for hydroxylation is 1. The molecule has 2 aromatic heterocycles. The number of rotatable bonds is 4. The summed E-state index contributed by atoms with van der Waals surface area (Å²) in [5.74, 6) is 0.252. The third kappa shape index (κ3) is 3.70. The van der Waals surface area contributed by atoms with E-state index in [0.717, 1.165) is 5.56 Å². The number of nitrogen functional groups attached to an aromatic ring is 1. The third-order valence-electron chi connectivity index (χ3n) is 5.57. The molecule has 1 saturated carbocycles. The van der Waals surface area contributed by atoms with Crippen molar-refractivity contribution < 1.29 is 13.5 Å². The van der Waals surface area contributed by atoms with E-state index in [1.54, 1.807) is 28.9 Å². The maximum atomic E-state index is 13.1. The molecule has 29 heavy (non-hydrogen) atoms. The van der Waals surface area contributed by atoms with Crippen molar-refractivity contribution >= 4 is 21.5 Å². The zero-order valence-electron chi connectivity index (χ0n) is 16.3. The summed E-state index contributed by atoms with van der Waals surface area (Å²) in [5.41, 5.74) is 7.91. The van der Waals surface area contributed by atoms with Crippen LogP contribution in [0.5, 0.6) is 0 Å². The predicted octanol–water partition coefficient (Wildman–Crippen LogP) is 1.65. The van der Waals surface area contributed by atoms with Crippen molar-refractivity contribution in [3.63, 3.8) is 0 Å². The molecule has 0 saturated heterocycles. The van der Waals surface area contributed by atoms with Gasteiger partial charge in [-0.2, -0.15) is 5.10 Å². The highest BCUT2D eigenvalue weighted by molar-refractivity contribution is 7.89. The minimum atomic E-state index is -3.75. The van der Waals surface area contributed by atoms with Crippen LogP contribution in [-0.4, -0.2) is 44.7 Å². The van der Waals surface area contributed by atoms with Crippen molar-refractivity contribution in [1.29, 1.82) is 0 Å². The van der Waals surface area contributed by atoms with Crippen LogP contribution in [0.15, 0.2) is 35.6 Å². The lowest BCUT2D eigenvalue weighted by Gasteiger charge is -2.36. The molecule has 0 unspecified atom stereocenters. The fourth-order valence-electron chi connectivity index (χ4n) is 3.79. The monoisotopic (exact) mass is 416 g/mol. The van der Waals surface area contributed by atoms with Crippen LogP contribution < -0.4 is 10.5 Å². The summed E-state index contributed by atoms with van der Waals surface area (Å²) in [6, 6.07) is 4.98. The van der Waals surface area contributed by atoms with Gasteiger partial charge in [0, 0.05) is 11.1 Å². The quantitative estimate of drug-likeness (QED) is 0.588. The van der Waals surface area contributed by atoms with E-state index in [0.29, 0.717) is 42.6 Å². The van der Waals surface area contributed by atoms with Crippen LogP contribution >= 0.6 is 0 Å². The predicted molar refractivity (Wildman–Crippen MR) is 109 cm³/mol. The average Bonchev–Trinajstić information content (AvgIpc) is 3.09. The lowest BCUT2D eigenvalue weighted by Crippen LogP contribution is -2.48. The van der Waals surface area contributed by atoms with E-state index in [4.69, 9.17) is 5.73 Å². The largest absolute Gasteiger partial charge is 0.393 e. The highest BCUT2D eigenvalue weighted by atomic mass is 32.2. The number of aliphatic hydroxyl groups is 1. The summed E-state index contributed by atoms with van der Waals surface area (Å²) >= 11 is 0. The first kappa shape index (κ1) is 19.7. The molecule has 0 spiro atoms. The SMILES string of the molecule is Cc1ccc(S(=O)(=O)N[C@]2(C)CC[C@@H](O)CC2)cc1-c1cnc2c(N)ncnn12. The van der Waals surface area contributed by atoms with Crippen LogP contribution in [0.25, 0.3) is 16.9 Å². The number of imidazole rings is 1. The Balaban J connectivity index is 1.72. The number of hydrogen-bond acceptors (Lipinski definition) is 7. The van der Waals surface area contributed by atoms with E-state index < -0.39 is 15.6 Å². The molecule has 10 heteroatoms. The molecule has 1 aromatic carbocycles. The Bertz CT molecular complexity index is 1170. The van der Waals surface area contributed by atoms with Crippen LogP contribution in [0.2, 0.25) is 0 Å². The van der Waals surface area contributed by atoms with Gasteiger partial charge in [0.05, 0.1) is 22.9 Å². The lowest BCUT2D eigenvalue weighted by atomic mass is 9.83. The molecule has 1 fully saturated rings. The highest BCUT2D eigenvalue weighted by Crippen LogP contribution is 2.31. The fourth-order valence-corrected chi connectivity index (χ4v) is 5.28. The third-order valence-corrected chi connectivity index (χ3v) is 7.20. The molecular formula is C19H24N6O3S. The van der Waals surface area contributed by atoms with Gasteiger partial charge >= 0.3 is 0 Å². The lowest BCUT2D eigenvalue weighted by molar-refractivity contribution is 0.0975. The number of nitrogens with two attached hydrogens (primary N) is 1. The number of aliphatic hydroxyl groups excluding tert-OH is 1. The molecule has 9 nitrogen and oxygen atoms in total. The second-order valence-corrected chi connectivity index (χ2v) is 9.58. The number of benzene rings is 1. The molecule has 0 atom stereocenters. The molecule has 0 bridgehead atoms. The van der Waals surface area contributed by atoms with Crippen LogP contribution in [0.4, 0.5) is 5.82 Å². The molecular weight excluding hydrogens is 392 g/mol. The second-order valence-electron chi connectivity index (χ2n) is 7.90. The van der Waals surface area contributed by atoms with Gasteiger partial charge < -0.3 is 10.8 Å². The van der Waals surface area contributed by atoms with Gasteiger partial charge in [-0.1, -0.05) is 6.07 Å². The molecule has 1 aliphatic carbocycles. The number of nitrogens with zero attached hydrogens (tertiary/aromatic N) is 4. The van der Waals surface area contributed by atoms with Crippen LogP contribution in [0.1, 0.15) is 38.2 Å². The number of nitrogens with one attached hydrogen (secondary N) is 1. The van der Waals surface area contributed by atoms with Gasteiger partial charge in [0.15, 0.2) is 11.5 Å². The topological polar surface area (TPSA) is 136 Å². The molecule has 0 amide bonds. The number of hydrogen-bond donors (Lipinski definition) is 3. The Morgan fingerprint density at radius 1 is 1.28 bits per heavy atom. The van der Waals surface area contributed by atoms with Crippen LogP contribution in [-0.2, 0) is 10.0 Å². The van der Waals surface area contributed by atoms with Crippen molar-refractivity contribution in [2.45, 2.75) is 56.1 Å². The molecule has 2 heterocycles. The van der Waals surface area contributed by atoms with E-state index in [-0.39, 0.29) is 16.8 Å². The first-order chi connectivity index (χ1) is 13.7. The standard InChI is InChI=1S/C19H24N6O3S/c1-12-3-4-14(29(27,28)24-19(2)7-5-13(26)6-8-19)9-15(12)16-10-21-18-17(20)22-11-23-25(16)18/h3-4,9-11,13,24,26H,5-8H2,1-2H3,(H2,20,22,23)/t13-,19-. The average molecular weight is 417 g/mol. The molecule has 4 N–H and O–H groups in total. The molecule has 0 aliphatic heterocycles. The Kier molecular flexibility index (Phi) is 4.80. The summed E-state index contributed by atoms with van der Waals surface area (Å²) < 4.78 is 30.6. The van der Waals surface area contributed by atoms with Crippen LogP contribution in [0, 0.1) is 6.92 Å². The Morgan fingerprint density at radius 2 is 2.00 bits per heavy atom. The van der Waals surface area contributed by atoms with E-state index in [1.165, 1.54) is 6.33 Å². The van der Waals surface area contributed by atoms with Gasteiger partial charge in [-0.25, -0.2) is 27.6 Å². The van der Waals surface area contributed by atoms with E-state index in [2.05, 4.69) is 19.8 Å². The number of aromatic nitrogens is 4. The maximum absolute atomic E-state index is 13.1. The first-order valence-electron chi connectivity index (χ1n) is 9.46. The zero-order chi connectivity index (χ0) is 20.8. The normalized spacial score (nSPS) is 22.8. The van der Waals surface area contributed by atoms with Gasteiger partial charge in [-0.3, -0.25) is 0 Å². The minimum Gasteiger partial charge on any atom is -0.393 e. The van der Waals surface area contributed by atoms with E-state index in [1.807, 2.05) is 13.8 Å². The van der Waals surface area contributed by atoms with Gasteiger partial charge in [-0.05, 0) is 57.2 Å². The molecule has 1 aliphatic rings. The Hall–Kier alpha value is -2.56. The van der Waals surface area contributed by atoms with Crippen molar-refractivity contribution in [3.05, 3.63) is 36.3 Å². The highest BCUT2D eigenvalue weighted by Gasteiger charge is 2.34. The van der Waals surface area contributed by atoms with Crippen molar-refractivity contribution in [1.82, 2.24) is 24.3 Å². The van der Waals surface area contributed by atoms with Gasteiger partial charge in [0.1, 0.15) is 6.33 Å². The minimum absolute atomic E-state index is 0.169. The van der Waals surface area contributed by atoms with Crippen molar-refractivity contribution in [3.8, 4) is 11.3 Å². The molecule has 154 valence electrons. The van der Waals surface area contributed by atoms with Crippen molar-refractivity contribution in [2.24, 2.45) is 0 Å². The summed E-state index contributed by atoms with van der Waals surface area (Å²) in [6.45, 7) is 3.78. The summed E-state index contributed by atoms with van der Waals surface area (Å²) in [6.07, 6.45) is 4.94. The summed E-state index contributed by atoms with van der Waals surface area (Å²) in [7, 11) is -3.75. The number of fused-ring (bicyclic) bond motifs is 1. The van der Waals surface area contributed by atoms with Crippen molar-refractivity contribution in [2.75, 3.05) is 5.73 Å². The van der Waals surface area contributed by atoms with Gasteiger partial charge in [-0.15, -0.1) is 0 Å². The fraction of sp³-hybridized carbons (Fsp3) is 0.421. The van der Waals surface area contributed by atoms with Gasteiger partial charge in [0.25, 0.3) is 0 Å². The zero-order valence-corrected chi connectivity index (χ0v) is 17.1. The Labute approximate surface area is 169 Å². The first-order valence-corrected chi connectivity index (χ1v) is 10.9. The maximum Gasteiger partial charge on any atom is 0.241 e. The van der Waals surface area contributed by atoms with Gasteiger partial charge in [0.2, 0.25) is 10.0 Å². The van der Waals surface area contributed by atoms with E-state index in [9.17, 15) is 13.5 Å². The summed E-state index contributed by atoms with van der Waals surface area (Å²) in [5, 5.41) is 13.9. The molecule has 4 rings (SSSR count). The van der Waals surface area contributed by atoms with E-state index >= 15 is 0 Å². The second kappa shape index (κ2) is 7.05. The summed E-state index contributed by atoms with van der Waals surface area (Å²) in [4.78, 5) is 8.36. The molecule has 3 aromatic rings. The molecule has 0 radical (unpaired) electrons. The number of anilines is 1. The smallest absolute Gasteiger partial charge is 0.241 e. The Morgan fingerprint density at radius 3 is 2.72 bits per heavy atom.